The molecule has 0 aromatic heterocycles. The van der Waals surface area contributed by atoms with Crippen LogP contribution in [0.3, 0.4) is 0 Å². The first-order chi connectivity index (χ1) is 19.0. The summed E-state index contributed by atoms with van der Waals surface area (Å²) in [5, 5.41) is 22.4. The number of aliphatic hydroxyl groups excluding tert-OH is 2. The van der Waals surface area contributed by atoms with Crippen molar-refractivity contribution in [1.29, 1.82) is 0 Å². The van der Waals surface area contributed by atoms with Crippen LogP contribution in [-0.4, -0.2) is 110 Å². The predicted octanol–water partition coefficient (Wildman–Crippen LogP) is -0.909. The Morgan fingerprint density at radius 3 is 2.40 bits per heavy atom. The Bertz CT molecular complexity index is 1140. The fourth-order valence-electron chi connectivity index (χ4n) is 5.64. The smallest absolute Gasteiger partial charge is 0.408 e. The van der Waals surface area contributed by atoms with E-state index in [0.717, 1.165) is 10.5 Å². The zero-order valence-electron chi connectivity index (χ0n) is 22.7. The van der Waals surface area contributed by atoms with Gasteiger partial charge in [-0.3, -0.25) is 24.1 Å². The fourth-order valence-corrected chi connectivity index (χ4v) is 5.64. The first-order valence-corrected chi connectivity index (χ1v) is 13.5. The van der Waals surface area contributed by atoms with E-state index in [9.17, 15) is 34.2 Å². The van der Waals surface area contributed by atoms with Crippen LogP contribution < -0.4 is 11.1 Å². The molecule has 0 bridgehead atoms. The molecule has 5 amide bonds. The highest BCUT2D eigenvalue weighted by Gasteiger charge is 2.62. The molecule has 0 saturated carbocycles. The SMILES string of the molecule is CC(O)C(N)C(=O)N1CC2(CCCN2C(=O)C2CCCN2C(=O)C(NC(=O)OCc2ccccc2)C(C)O)C1=O. The lowest BCUT2D eigenvalue weighted by molar-refractivity contribution is -0.176. The van der Waals surface area contributed by atoms with E-state index < -0.39 is 65.6 Å². The summed E-state index contributed by atoms with van der Waals surface area (Å²) in [5.41, 5.74) is 5.29. The van der Waals surface area contributed by atoms with Crippen LogP contribution in [0.2, 0.25) is 0 Å². The zero-order valence-corrected chi connectivity index (χ0v) is 22.7. The van der Waals surface area contributed by atoms with Crippen molar-refractivity contribution in [2.75, 3.05) is 19.6 Å². The Hall–Kier alpha value is -3.55. The summed E-state index contributed by atoms with van der Waals surface area (Å²) < 4.78 is 5.20. The highest BCUT2D eigenvalue weighted by molar-refractivity contribution is 6.09. The molecule has 6 atom stereocenters. The Kier molecular flexibility index (Phi) is 8.76. The van der Waals surface area contributed by atoms with E-state index >= 15 is 0 Å². The van der Waals surface area contributed by atoms with Crippen molar-refractivity contribution in [3.63, 3.8) is 0 Å². The maximum Gasteiger partial charge on any atom is 0.408 e. The average molecular weight is 560 g/mol. The molecule has 0 radical (unpaired) electrons. The number of ether oxygens (including phenoxy) is 1. The van der Waals surface area contributed by atoms with Gasteiger partial charge in [-0.05, 0) is 45.1 Å². The summed E-state index contributed by atoms with van der Waals surface area (Å²) in [6.07, 6.45) is -1.49. The number of hydrogen-bond acceptors (Lipinski definition) is 9. The number of likely N-dealkylation sites (tertiary alicyclic amines) is 3. The van der Waals surface area contributed by atoms with Gasteiger partial charge in [0.15, 0.2) is 0 Å². The van der Waals surface area contributed by atoms with Crippen molar-refractivity contribution in [2.24, 2.45) is 5.73 Å². The second-order valence-electron chi connectivity index (χ2n) is 10.7. The molecule has 4 rings (SSSR count). The maximum absolute atomic E-state index is 13.7. The third kappa shape index (κ3) is 5.54. The van der Waals surface area contributed by atoms with Crippen LogP contribution in [-0.2, 0) is 30.5 Å². The minimum Gasteiger partial charge on any atom is -0.445 e. The molecule has 3 aliphatic rings. The van der Waals surface area contributed by atoms with E-state index in [-0.39, 0.29) is 26.2 Å². The van der Waals surface area contributed by atoms with Gasteiger partial charge in [-0.2, -0.15) is 0 Å². The Labute approximate surface area is 232 Å². The zero-order chi connectivity index (χ0) is 29.2. The van der Waals surface area contributed by atoms with Gasteiger partial charge < -0.3 is 35.8 Å². The predicted molar refractivity (Wildman–Crippen MR) is 140 cm³/mol. The van der Waals surface area contributed by atoms with Gasteiger partial charge in [0.1, 0.15) is 30.3 Å². The number of nitrogens with zero attached hydrogens (tertiary/aromatic N) is 3. The molecule has 1 aromatic carbocycles. The lowest BCUT2D eigenvalue weighted by atomic mass is 9.84. The van der Waals surface area contributed by atoms with Crippen molar-refractivity contribution in [1.82, 2.24) is 20.0 Å². The lowest BCUT2D eigenvalue weighted by Crippen LogP contribution is -2.76. The van der Waals surface area contributed by atoms with Gasteiger partial charge in [-0.25, -0.2) is 4.79 Å². The molecule has 3 heterocycles. The summed E-state index contributed by atoms with van der Waals surface area (Å²) in [5.74, 6) is -2.29. The van der Waals surface area contributed by atoms with E-state index in [1.807, 2.05) is 6.07 Å². The lowest BCUT2D eigenvalue weighted by Gasteiger charge is -2.51. The number of β-lactam (4-membered cyclic amide) rings is 1. The Morgan fingerprint density at radius 1 is 1.07 bits per heavy atom. The van der Waals surface area contributed by atoms with Gasteiger partial charge in [0.25, 0.3) is 5.91 Å². The van der Waals surface area contributed by atoms with Crippen LogP contribution in [0.15, 0.2) is 30.3 Å². The molecular weight excluding hydrogens is 522 g/mol. The largest absolute Gasteiger partial charge is 0.445 e. The molecule has 3 saturated heterocycles. The summed E-state index contributed by atoms with van der Waals surface area (Å²) in [4.78, 5) is 69.1. The first kappa shape index (κ1) is 29.4. The highest BCUT2D eigenvalue weighted by Crippen LogP contribution is 2.40. The van der Waals surface area contributed by atoms with E-state index in [2.05, 4.69) is 5.32 Å². The third-order valence-electron chi connectivity index (χ3n) is 7.94. The molecule has 40 heavy (non-hydrogen) atoms. The van der Waals surface area contributed by atoms with Crippen LogP contribution in [0.25, 0.3) is 0 Å². The topological polar surface area (TPSA) is 183 Å². The Morgan fingerprint density at radius 2 is 1.77 bits per heavy atom. The number of hydrogen-bond donors (Lipinski definition) is 4. The van der Waals surface area contributed by atoms with Gasteiger partial charge >= 0.3 is 6.09 Å². The van der Waals surface area contributed by atoms with E-state index in [4.69, 9.17) is 10.5 Å². The van der Waals surface area contributed by atoms with Crippen LogP contribution >= 0.6 is 0 Å². The van der Waals surface area contributed by atoms with E-state index in [1.54, 1.807) is 24.3 Å². The van der Waals surface area contributed by atoms with Crippen molar-refractivity contribution in [3.05, 3.63) is 35.9 Å². The van der Waals surface area contributed by atoms with Crippen molar-refractivity contribution < 1.29 is 38.9 Å². The van der Waals surface area contributed by atoms with Gasteiger partial charge in [-0.15, -0.1) is 0 Å². The number of alkyl carbamates (subject to hydrolysis) is 1. The van der Waals surface area contributed by atoms with Gasteiger partial charge in [0.2, 0.25) is 17.7 Å². The maximum atomic E-state index is 13.7. The molecule has 0 aliphatic carbocycles. The van der Waals surface area contributed by atoms with Crippen LogP contribution in [0.1, 0.15) is 45.1 Å². The number of nitrogens with one attached hydrogen (secondary N) is 1. The standard InChI is InChI=1S/C27H37N5O8/c1-16(33)20(28)23(36)31-15-27(25(31)38)11-7-13-32(27)22(35)19-10-6-12-30(19)24(37)21(17(2)34)29-26(39)40-14-18-8-4-3-5-9-18/h3-5,8-9,16-17,19-21,33-34H,6-7,10-15,28H2,1-2H3,(H,29,39). The number of benzene rings is 1. The number of imide groups is 1. The second kappa shape index (κ2) is 11.9. The number of amides is 5. The monoisotopic (exact) mass is 559 g/mol. The minimum absolute atomic E-state index is 0.0229. The summed E-state index contributed by atoms with van der Waals surface area (Å²) in [7, 11) is 0. The molecule has 13 nitrogen and oxygen atoms in total. The second-order valence-corrected chi connectivity index (χ2v) is 10.7. The molecule has 6 unspecified atom stereocenters. The van der Waals surface area contributed by atoms with Gasteiger partial charge in [-0.1, -0.05) is 30.3 Å². The van der Waals surface area contributed by atoms with Gasteiger partial charge in [0, 0.05) is 13.1 Å². The minimum atomic E-state index is -1.34. The molecule has 3 aliphatic heterocycles. The van der Waals surface area contributed by atoms with Crippen molar-refractivity contribution in [2.45, 2.75) is 82.0 Å². The summed E-state index contributed by atoms with van der Waals surface area (Å²) in [6, 6.07) is 5.49. The summed E-state index contributed by atoms with van der Waals surface area (Å²) in [6.45, 7) is 3.20. The van der Waals surface area contributed by atoms with Crippen LogP contribution in [0.5, 0.6) is 0 Å². The Balaban J connectivity index is 1.42. The highest BCUT2D eigenvalue weighted by atomic mass is 16.5. The number of nitrogens with two attached hydrogens (primary N) is 1. The number of aliphatic hydroxyl groups is 2. The molecule has 1 aromatic rings. The molecule has 1 spiro atoms. The van der Waals surface area contributed by atoms with E-state index in [0.29, 0.717) is 25.7 Å². The average Bonchev–Trinajstić information content (AvgIpc) is 3.61. The van der Waals surface area contributed by atoms with Crippen LogP contribution in [0, 0.1) is 0 Å². The number of rotatable bonds is 8. The fraction of sp³-hybridized carbons (Fsp3) is 0.593. The molecule has 3 fully saturated rings. The molecule has 5 N–H and O–H groups in total. The quantitative estimate of drug-likeness (QED) is 0.293. The summed E-state index contributed by atoms with van der Waals surface area (Å²) >= 11 is 0. The molecule has 218 valence electrons. The van der Waals surface area contributed by atoms with Crippen LogP contribution in [0.4, 0.5) is 4.79 Å². The van der Waals surface area contributed by atoms with Crippen molar-refractivity contribution in [3.8, 4) is 0 Å². The first-order valence-electron chi connectivity index (χ1n) is 13.5. The van der Waals surface area contributed by atoms with Crippen molar-refractivity contribution >= 4 is 29.7 Å². The molecule has 13 heteroatoms. The normalized spacial score (nSPS) is 25.3. The number of carbonyl (C=O) groups is 5. The third-order valence-corrected chi connectivity index (χ3v) is 7.94. The molecular formula is C27H37N5O8. The van der Waals surface area contributed by atoms with E-state index in [1.165, 1.54) is 23.6 Å². The van der Waals surface area contributed by atoms with Gasteiger partial charge in [0.05, 0.1) is 18.8 Å². The number of carbonyl (C=O) groups excluding carboxylic acids is 5.